The first-order valence-corrected chi connectivity index (χ1v) is 7.08. The molecule has 1 atom stereocenters. The van der Waals surface area contributed by atoms with Crippen molar-refractivity contribution in [3.63, 3.8) is 0 Å². The molecule has 1 heterocycles. The summed E-state index contributed by atoms with van der Waals surface area (Å²) in [6.07, 6.45) is 6.54. The lowest BCUT2D eigenvalue weighted by Gasteiger charge is -2.14. The van der Waals surface area contributed by atoms with Crippen molar-refractivity contribution < 1.29 is 4.79 Å². The Hall–Kier alpha value is -0.770. The molecule has 1 aromatic heterocycles. The second kappa shape index (κ2) is 7.54. The average Bonchev–Trinajstić information content (AvgIpc) is 2.76. The predicted molar refractivity (Wildman–Crippen MR) is 74.1 cm³/mol. The molecule has 0 fully saturated rings. The molecule has 96 valence electrons. The number of rotatable bonds is 7. The van der Waals surface area contributed by atoms with Crippen LogP contribution in [0, 0.1) is 5.92 Å². The first-order chi connectivity index (χ1) is 8.17. The molecular weight excluding hydrogens is 280 g/mol. The number of carbonyl (C=O) groups is 1. The molecule has 1 aromatic rings. The molecule has 0 aliphatic heterocycles. The van der Waals surface area contributed by atoms with Crippen molar-refractivity contribution in [3.8, 4) is 0 Å². The van der Waals surface area contributed by atoms with Crippen LogP contribution in [0.2, 0.25) is 0 Å². The summed E-state index contributed by atoms with van der Waals surface area (Å²) in [4.78, 5) is 14.7. The van der Waals surface area contributed by atoms with Crippen molar-refractivity contribution in [1.29, 1.82) is 0 Å². The molecule has 0 spiro atoms. The van der Waals surface area contributed by atoms with Gasteiger partial charge >= 0.3 is 0 Å². The summed E-state index contributed by atoms with van der Waals surface area (Å²) >= 11 is 3.32. The Morgan fingerprint density at radius 2 is 2.29 bits per heavy atom. The van der Waals surface area contributed by atoms with E-state index < -0.39 is 0 Å². The molecule has 0 saturated carbocycles. The van der Waals surface area contributed by atoms with Gasteiger partial charge in [0.05, 0.1) is 0 Å². The number of carbonyl (C=O) groups excluding carboxylic acids is 1. The molecule has 1 amide bonds. The third-order valence-corrected chi connectivity index (χ3v) is 3.44. The minimum Gasteiger partial charge on any atom is -0.356 e. The molecule has 0 aliphatic carbocycles. The van der Waals surface area contributed by atoms with Gasteiger partial charge in [-0.3, -0.25) is 4.79 Å². The molecular formula is C13H21BrN2O. The van der Waals surface area contributed by atoms with Crippen LogP contribution in [-0.2, 0) is 0 Å². The lowest BCUT2D eigenvalue weighted by atomic mass is 9.99. The van der Waals surface area contributed by atoms with Crippen LogP contribution in [0.25, 0.3) is 0 Å². The largest absolute Gasteiger partial charge is 0.356 e. The molecule has 0 radical (unpaired) electrons. The summed E-state index contributed by atoms with van der Waals surface area (Å²) in [6.45, 7) is 5.14. The van der Waals surface area contributed by atoms with Crippen molar-refractivity contribution in [2.24, 2.45) is 5.92 Å². The number of aromatic nitrogens is 1. The van der Waals surface area contributed by atoms with Gasteiger partial charge in [0.1, 0.15) is 5.69 Å². The Labute approximate surface area is 112 Å². The number of halogens is 1. The summed E-state index contributed by atoms with van der Waals surface area (Å²) in [5.41, 5.74) is 0.613. The molecule has 0 aliphatic rings. The predicted octanol–water partition coefficient (Wildman–Crippen LogP) is 3.72. The Balaban J connectivity index is 2.36. The standard InChI is InChI=1S/C13H21BrN2O/c1-3-5-6-10(4-2)8-16-13(17)12-7-11(14)9-15-12/h7,9-10,15H,3-6,8H2,1-2H3,(H,16,17). The Morgan fingerprint density at radius 1 is 1.53 bits per heavy atom. The number of hydrogen-bond donors (Lipinski definition) is 2. The van der Waals surface area contributed by atoms with Crippen LogP contribution in [0.15, 0.2) is 16.7 Å². The van der Waals surface area contributed by atoms with Gasteiger partial charge in [0.25, 0.3) is 5.91 Å². The average molecular weight is 301 g/mol. The third-order valence-electron chi connectivity index (χ3n) is 2.99. The number of unbranched alkanes of at least 4 members (excludes halogenated alkanes) is 1. The van der Waals surface area contributed by atoms with E-state index in [-0.39, 0.29) is 5.91 Å². The summed E-state index contributed by atoms with van der Waals surface area (Å²) in [7, 11) is 0. The highest BCUT2D eigenvalue weighted by Gasteiger charge is 2.10. The van der Waals surface area contributed by atoms with E-state index in [9.17, 15) is 4.79 Å². The zero-order valence-corrected chi connectivity index (χ0v) is 12.1. The Morgan fingerprint density at radius 3 is 2.82 bits per heavy atom. The van der Waals surface area contributed by atoms with E-state index in [0.717, 1.165) is 17.4 Å². The summed E-state index contributed by atoms with van der Waals surface area (Å²) in [5.74, 6) is 0.572. The Bertz CT molecular complexity index is 349. The van der Waals surface area contributed by atoms with Crippen LogP contribution >= 0.6 is 15.9 Å². The van der Waals surface area contributed by atoms with Gasteiger partial charge < -0.3 is 10.3 Å². The monoisotopic (exact) mass is 300 g/mol. The molecule has 0 saturated heterocycles. The quantitative estimate of drug-likeness (QED) is 0.792. The number of aromatic amines is 1. The van der Waals surface area contributed by atoms with Gasteiger partial charge in [-0.1, -0.05) is 33.1 Å². The second-order valence-electron chi connectivity index (χ2n) is 4.36. The molecule has 4 heteroatoms. The highest BCUT2D eigenvalue weighted by Crippen LogP contribution is 2.13. The van der Waals surface area contributed by atoms with Crippen LogP contribution in [0.3, 0.4) is 0 Å². The molecule has 2 N–H and O–H groups in total. The van der Waals surface area contributed by atoms with E-state index in [4.69, 9.17) is 0 Å². The number of amides is 1. The maximum absolute atomic E-state index is 11.8. The lowest BCUT2D eigenvalue weighted by Crippen LogP contribution is -2.29. The van der Waals surface area contributed by atoms with Crippen molar-refractivity contribution in [2.45, 2.75) is 39.5 Å². The highest BCUT2D eigenvalue weighted by molar-refractivity contribution is 9.10. The zero-order valence-electron chi connectivity index (χ0n) is 10.6. The van der Waals surface area contributed by atoms with Gasteiger partial charge in [-0.2, -0.15) is 0 Å². The molecule has 17 heavy (non-hydrogen) atoms. The number of hydrogen-bond acceptors (Lipinski definition) is 1. The van der Waals surface area contributed by atoms with E-state index in [1.54, 1.807) is 12.3 Å². The maximum Gasteiger partial charge on any atom is 0.267 e. The fourth-order valence-corrected chi connectivity index (χ4v) is 2.12. The van der Waals surface area contributed by atoms with Crippen molar-refractivity contribution in [2.75, 3.05) is 6.54 Å². The molecule has 1 unspecified atom stereocenters. The van der Waals surface area contributed by atoms with Crippen LogP contribution in [0.1, 0.15) is 50.0 Å². The van der Waals surface area contributed by atoms with Crippen LogP contribution in [-0.4, -0.2) is 17.4 Å². The van der Waals surface area contributed by atoms with Gasteiger partial charge in [0.2, 0.25) is 0 Å². The van der Waals surface area contributed by atoms with E-state index in [2.05, 4.69) is 40.1 Å². The third kappa shape index (κ3) is 4.94. The molecule has 3 nitrogen and oxygen atoms in total. The highest BCUT2D eigenvalue weighted by atomic mass is 79.9. The topological polar surface area (TPSA) is 44.9 Å². The van der Waals surface area contributed by atoms with E-state index in [1.165, 1.54) is 19.3 Å². The van der Waals surface area contributed by atoms with Crippen LogP contribution in [0.5, 0.6) is 0 Å². The first-order valence-electron chi connectivity index (χ1n) is 6.29. The zero-order chi connectivity index (χ0) is 12.7. The fraction of sp³-hybridized carbons (Fsp3) is 0.615. The normalized spacial score (nSPS) is 12.4. The van der Waals surface area contributed by atoms with Crippen LogP contribution in [0.4, 0.5) is 0 Å². The van der Waals surface area contributed by atoms with Crippen molar-refractivity contribution in [3.05, 3.63) is 22.4 Å². The lowest BCUT2D eigenvalue weighted by molar-refractivity contribution is 0.0941. The molecule has 0 aromatic carbocycles. The van der Waals surface area contributed by atoms with Crippen molar-refractivity contribution in [1.82, 2.24) is 10.3 Å². The van der Waals surface area contributed by atoms with E-state index >= 15 is 0 Å². The minimum atomic E-state index is -0.0225. The fourth-order valence-electron chi connectivity index (χ4n) is 1.77. The van der Waals surface area contributed by atoms with E-state index in [1.807, 2.05) is 0 Å². The SMILES string of the molecule is CCCCC(CC)CNC(=O)c1cc(Br)c[nH]1. The van der Waals surface area contributed by atoms with Gasteiger partial charge in [-0.05, 0) is 34.3 Å². The van der Waals surface area contributed by atoms with Crippen LogP contribution < -0.4 is 5.32 Å². The van der Waals surface area contributed by atoms with Gasteiger partial charge in [0.15, 0.2) is 0 Å². The number of H-pyrrole nitrogens is 1. The second-order valence-corrected chi connectivity index (χ2v) is 5.27. The Kier molecular flexibility index (Phi) is 6.34. The minimum absolute atomic E-state index is 0.0225. The first kappa shape index (κ1) is 14.3. The smallest absolute Gasteiger partial charge is 0.267 e. The van der Waals surface area contributed by atoms with Crippen molar-refractivity contribution >= 4 is 21.8 Å². The van der Waals surface area contributed by atoms with Gasteiger partial charge in [-0.15, -0.1) is 0 Å². The van der Waals surface area contributed by atoms with E-state index in [0.29, 0.717) is 11.6 Å². The maximum atomic E-state index is 11.8. The molecule has 1 rings (SSSR count). The molecule has 0 bridgehead atoms. The summed E-state index contributed by atoms with van der Waals surface area (Å²) < 4.78 is 0.903. The number of nitrogens with one attached hydrogen (secondary N) is 2. The van der Waals surface area contributed by atoms with Gasteiger partial charge in [-0.25, -0.2) is 0 Å². The summed E-state index contributed by atoms with van der Waals surface area (Å²) in [6, 6.07) is 1.79. The van der Waals surface area contributed by atoms with Gasteiger partial charge in [0, 0.05) is 17.2 Å². The summed E-state index contributed by atoms with van der Waals surface area (Å²) in [5, 5.41) is 2.98.